The number of benzene rings is 1. The van der Waals surface area contributed by atoms with Crippen molar-refractivity contribution in [3.63, 3.8) is 0 Å². The topological polar surface area (TPSA) is 44.7 Å². The van der Waals surface area contributed by atoms with Crippen molar-refractivity contribution >= 4 is 11.7 Å². The number of rotatable bonds is 5. The number of fused-ring (bicyclic) bond motifs is 2. The first kappa shape index (κ1) is 21.4. The van der Waals surface area contributed by atoms with Gasteiger partial charge in [0.25, 0.3) is 0 Å². The number of carbonyl (C=O) groups excluding carboxylic acids is 1. The number of hydrogen-bond donors (Lipinski definition) is 1. The maximum atomic E-state index is 13.6. The van der Waals surface area contributed by atoms with Gasteiger partial charge in [0.15, 0.2) is 0 Å². The lowest BCUT2D eigenvalue weighted by atomic mass is 9.69. The van der Waals surface area contributed by atoms with Crippen LogP contribution in [0.25, 0.3) is 0 Å². The van der Waals surface area contributed by atoms with Crippen molar-refractivity contribution in [3.8, 4) is 0 Å². The number of carbonyl (C=O) groups is 1. The molecule has 4 heteroatoms. The fraction of sp³-hybridized carbons (Fsp3) is 0.692. The Kier molecular flexibility index (Phi) is 5.27. The Labute approximate surface area is 182 Å². The Morgan fingerprint density at radius 2 is 1.87 bits per heavy atom. The van der Waals surface area contributed by atoms with Crippen LogP contribution in [0.4, 0.5) is 4.79 Å². The normalized spacial score (nSPS) is 33.6. The molecule has 164 valence electrons. The summed E-state index contributed by atoms with van der Waals surface area (Å²) in [7, 11) is 0. The first-order valence-electron chi connectivity index (χ1n) is 11.9. The van der Waals surface area contributed by atoms with E-state index in [4.69, 9.17) is 5.10 Å². The van der Waals surface area contributed by atoms with Gasteiger partial charge in [-0.2, -0.15) is 5.10 Å². The molecule has 0 aromatic heterocycles. The molecule has 2 saturated carbocycles. The predicted octanol–water partition coefficient (Wildman–Crippen LogP) is 6.34. The van der Waals surface area contributed by atoms with E-state index in [-0.39, 0.29) is 34.4 Å². The van der Waals surface area contributed by atoms with Gasteiger partial charge in [-0.15, -0.1) is 0 Å². The summed E-state index contributed by atoms with van der Waals surface area (Å²) in [6.45, 7) is 13.7. The minimum Gasteiger partial charge on any atom is -0.333 e. The van der Waals surface area contributed by atoms with Gasteiger partial charge in [-0.25, -0.2) is 9.80 Å². The van der Waals surface area contributed by atoms with Crippen molar-refractivity contribution in [2.24, 2.45) is 21.8 Å². The minimum atomic E-state index is -0.386. The Morgan fingerprint density at radius 3 is 2.43 bits per heavy atom. The zero-order valence-corrected chi connectivity index (χ0v) is 19.7. The largest absolute Gasteiger partial charge is 0.338 e. The van der Waals surface area contributed by atoms with Gasteiger partial charge in [-0.3, -0.25) is 0 Å². The first-order chi connectivity index (χ1) is 14.1. The average molecular weight is 410 g/mol. The average Bonchev–Trinajstić information content (AvgIpc) is 3.17. The molecule has 0 saturated heterocycles. The molecular formula is C26H39N3O. The molecule has 2 bridgehead atoms. The molecule has 2 fully saturated rings. The number of urea groups is 1. The van der Waals surface area contributed by atoms with E-state index in [1.807, 2.05) is 0 Å². The van der Waals surface area contributed by atoms with Crippen LogP contribution in [0.15, 0.2) is 35.4 Å². The van der Waals surface area contributed by atoms with Crippen molar-refractivity contribution < 1.29 is 4.79 Å². The monoisotopic (exact) mass is 409 g/mol. The molecule has 3 aliphatic rings. The Hall–Kier alpha value is -1.84. The zero-order valence-electron chi connectivity index (χ0n) is 19.7. The summed E-state index contributed by atoms with van der Waals surface area (Å²) in [6, 6.07) is 10.8. The van der Waals surface area contributed by atoms with Crippen molar-refractivity contribution in [2.45, 2.75) is 97.6 Å². The molecule has 1 N–H and O–H groups in total. The molecule has 4 atom stereocenters. The van der Waals surface area contributed by atoms with Gasteiger partial charge in [0.05, 0.1) is 5.54 Å². The summed E-state index contributed by atoms with van der Waals surface area (Å²) in [6.07, 6.45) is 6.77. The van der Waals surface area contributed by atoms with Gasteiger partial charge in [-0.05, 0) is 68.3 Å². The molecule has 0 spiro atoms. The third kappa shape index (κ3) is 3.09. The van der Waals surface area contributed by atoms with E-state index >= 15 is 0 Å². The number of amides is 2. The van der Waals surface area contributed by atoms with Gasteiger partial charge in [0, 0.05) is 17.7 Å². The lowest BCUT2D eigenvalue weighted by Gasteiger charge is -2.41. The minimum absolute atomic E-state index is 0.0259. The second-order valence-corrected chi connectivity index (χ2v) is 11.1. The third-order valence-corrected chi connectivity index (χ3v) is 9.02. The quantitative estimate of drug-likeness (QED) is 0.606. The number of unbranched alkanes of at least 4 members (excludes halogenated alkanes) is 1. The van der Waals surface area contributed by atoms with Crippen LogP contribution in [0.1, 0.15) is 91.5 Å². The Balaban J connectivity index is 1.59. The second-order valence-electron chi connectivity index (χ2n) is 11.1. The number of nitrogens with one attached hydrogen (secondary N) is 1. The summed E-state index contributed by atoms with van der Waals surface area (Å²) in [5.74, 6) is 0.850. The van der Waals surface area contributed by atoms with Gasteiger partial charge in [-0.1, -0.05) is 64.4 Å². The zero-order chi connectivity index (χ0) is 21.7. The van der Waals surface area contributed by atoms with Crippen LogP contribution < -0.4 is 5.32 Å². The fourth-order valence-electron chi connectivity index (χ4n) is 6.58. The van der Waals surface area contributed by atoms with E-state index in [1.54, 1.807) is 5.01 Å². The van der Waals surface area contributed by atoms with Crippen molar-refractivity contribution in [2.75, 3.05) is 0 Å². The van der Waals surface area contributed by atoms with Gasteiger partial charge < -0.3 is 5.32 Å². The molecule has 2 aliphatic carbocycles. The van der Waals surface area contributed by atoms with Crippen molar-refractivity contribution in [1.29, 1.82) is 0 Å². The van der Waals surface area contributed by atoms with E-state index in [9.17, 15) is 4.79 Å². The highest BCUT2D eigenvalue weighted by atomic mass is 16.2. The highest BCUT2D eigenvalue weighted by Crippen LogP contribution is 2.65. The highest BCUT2D eigenvalue weighted by Gasteiger charge is 2.62. The maximum absolute atomic E-state index is 13.6. The number of hydrogen-bond acceptors (Lipinski definition) is 2. The molecule has 1 aromatic carbocycles. The highest BCUT2D eigenvalue weighted by molar-refractivity contribution is 5.96. The number of hydrazone groups is 1. The van der Waals surface area contributed by atoms with Gasteiger partial charge >= 0.3 is 6.03 Å². The molecule has 30 heavy (non-hydrogen) atoms. The van der Waals surface area contributed by atoms with Crippen molar-refractivity contribution in [3.05, 3.63) is 35.9 Å². The van der Waals surface area contributed by atoms with Gasteiger partial charge in [0.1, 0.15) is 0 Å². The molecule has 1 aliphatic heterocycles. The van der Waals surface area contributed by atoms with Crippen molar-refractivity contribution in [1.82, 2.24) is 10.3 Å². The molecule has 0 radical (unpaired) electrons. The number of nitrogens with zero attached hydrogens (tertiary/aromatic N) is 2. The van der Waals surface area contributed by atoms with Gasteiger partial charge in [0.2, 0.25) is 0 Å². The first-order valence-corrected chi connectivity index (χ1v) is 11.9. The fourth-order valence-corrected chi connectivity index (χ4v) is 6.58. The molecular weight excluding hydrogens is 370 g/mol. The standard InChI is InChI=1S/C26H39N3O/c1-7-8-14-20-22(18-12-10-9-11-13-18)25(4,5)29(28-20)23(30)27-21-17-19-15-16-26(21,6)24(19,2)3/h9-13,19,21-22H,7-8,14-17H2,1-6H3,(H,27,30)/t19?,21-,22?,26?/m0/s1. The predicted molar refractivity (Wildman–Crippen MR) is 124 cm³/mol. The van der Waals surface area contributed by atoms with Crippen LogP contribution in [0.3, 0.4) is 0 Å². The van der Waals surface area contributed by atoms with Crippen LogP contribution in [0.5, 0.6) is 0 Å². The molecule has 2 amide bonds. The van der Waals surface area contributed by atoms with E-state index in [0.717, 1.165) is 31.4 Å². The third-order valence-electron chi connectivity index (χ3n) is 9.02. The summed E-state index contributed by atoms with van der Waals surface area (Å²) in [4.78, 5) is 13.6. The van der Waals surface area contributed by atoms with E-state index in [1.165, 1.54) is 18.4 Å². The molecule has 1 aromatic rings. The van der Waals surface area contributed by atoms with Crippen LogP contribution in [0.2, 0.25) is 0 Å². The molecule has 1 heterocycles. The van der Waals surface area contributed by atoms with Crippen LogP contribution in [0, 0.1) is 16.7 Å². The second kappa shape index (κ2) is 7.39. The SMILES string of the molecule is CCCCC1=NN(C(=O)N[C@H]2CC3CCC2(C)C3(C)C)C(C)(C)C1c1ccccc1. The maximum Gasteiger partial charge on any atom is 0.338 e. The van der Waals surface area contributed by atoms with E-state index < -0.39 is 0 Å². The summed E-state index contributed by atoms with van der Waals surface area (Å²) < 4.78 is 0. The lowest BCUT2D eigenvalue weighted by Crippen LogP contribution is -2.54. The lowest BCUT2D eigenvalue weighted by molar-refractivity contribution is 0.106. The van der Waals surface area contributed by atoms with Crippen LogP contribution in [-0.4, -0.2) is 28.3 Å². The molecule has 4 rings (SSSR count). The molecule has 4 nitrogen and oxygen atoms in total. The van der Waals surface area contributed by atoms with Crippen LogP contribution in [-0.2, 0) is 0 Å². The Bertz CT molecular complexity index is 828. The summed E-state index contributed by atoms with van der Waals surface area (Å²) in [5, 5.41) is 10.1. The van der Waals surface area contributed by atoms with Crippen LogP contribution >= 0.6 is 0 Å². The summed E-state index contributed by atoms with van der Waals surface area (Å²) in [5.41, 5.74) is 2.46. The summed E-state index contributed by atoms with van der Waals surface area (Å²) >= 11 is 0. The van der Waals surface area contributed by atoms with E-state index in [0.29, 0.717) is 5.92 Å². The molecule has 3 unspecified atom stereocenters. The smallest absolute Gasteiger partial charge is 0.333 e. The van der Waals surface area contributed by atoms with E-state index in [2.05, 4.69) is 77.2 Å². The Morgan fingerprint density at radius 1 is 1.17 bits per heavy atom.